The number of ether oxygens (including phenoxy) is 3. The number of methoxy groups -OCH3 is 1. The maximum Gasteiger partial charge on any atom is 0.329 e. The highest BCUT2D eigenvalue weighted by Gasteiger charge is 2.75. The lowest BCUT2D eigenvalue weighted by Gasteiger charge is -2.46. The van der Waals surface area contributed by atoms with Crippen LogP contribution in [0.25, 0.3) is 11.0 Å². The summed E-state index contributed by atoms with van der Waals surface area (Å²) in [4.78, 5) is 79.5. The third-order valence-corrected chi connectivity index (χ3v) is 14.4. The van der Waals surface area contributed by atoms with Crippen LogP contribution in [-0.2, 0) is 40.6 Å². The van der Waals surface area contributed by atoms with Gasteiger partial charge in [-0.05, 0) is 76.2 Å². The van der Waals surface area contributed by atoms with Gasteiger partial charge in [0.05, 0.1) is 49.0 Å². The number of aliphatic hydroxyl groups is 2. The topological polar surface area (TPSA) is 215 Å². The fraction of sp³-hybridized carbons (Fsp3) is 0.271. The summed E-state index contributed by atoms with van der Waals surface area (Å²) in [6.07, 6.45) is -2.20. The molecule has 0 radical (unpaired) electrons. The number of carbonyl (C=O) groups excluding carboxylic acids is 5. The van der Waals surface area contributed by atoms with Crippen molar-refractivity contribution < 1.29 is 48.4 Å². The summed E-state index contributed by atoms with van der Waals surface area (Å²) >= 11 is 0. The van der Waals surface area contributed by atoms with E-state index >= 15 is 19.2 Å². The number of hydrogen-bond acceptors (Lipinski definition) is 13. The molecule has 1 aromatic heterocycles. The van der Waals surface area contributed by atoms with Crippen molar-refractivity contribution in [3.8, 4) is 17.6 Å². The molecule has 4 heterocycles. The number of hydrogen-bond donors (Lipinski definition) is 4. The Bertz CT molecular complexity index is 3350. The Labute approximate surface area is 438 Å². The quantitative estimate of drug-likeness (QED) is 0.0699. The van der Waals surface area contributed by atoms with E-state index in [2.05, 4.69) is 32.8 Å². The average molecular weight is 1020 g/mol. The SMILES string of the molecule is COC(=O)[C@@H](NC(=O)N1C(=O)[C@@]2(c3cc(C#CCn4nnc5ccccc54)ccc31)[C@H](c1ccc(OCCO)cc1)N1[C@H](c3ccccc3)[C@H](c3ccccc3)OC(=O)[C@H]1[C@@H]2C(=O)NC[C@H](O)c1ccccc1)C(C)C. The largest absolute Gasteiger partial charge is 0.491 e. The maximum atomic E-state index is 16.8. The molecule has 8 atom stereocenters. The second kappa shape index (κ2) is 21.6. The number of nitrogens with one attached hydrogen (secondary N) is 2. The number of esters is 2. The normalized spacial score (nSPS) is 21.5. The fourth-order valence-electron chi connectivity index (χ4n) is 11.1. The first kappa shape index (κ1) is 50.8. The minimum absolute atomic E-state index is 0.00547. The molecule has 7 aromatic rings. The molecule has 17 heteroatoms. The Balaban J connectivity index is 1.23. The molecular weight excluding hydrogens is 967 g/mol. The van der Waals surface area contributed by atoms with E-state index in [0.717, 1.165) is 10.4 Å². The van der Waals surface area contributed by atoms with Crippen LogP contribution in [0, 0.1) is 23.7 Å². The predicted molar refractivity (Wildman–Crippen MR) is 279 cm³/mol. The monoisotopic (exact) mass is 1020 g/mol. The summed E-state index contributed by atoms with van der Waals surface area (Å²) < 4.78 is 19.2. The Hall–Kier alpha value is -8.69. The molecule has 386 valence electrons. The van der Waals surface area contributed by atoms with Gasteiger partial charge < -0.3 is 35.1 Å². The number of aromatic nitrogens is 3. The molecule has 0 unspecified atom stereocenters. The van der Waals surface area contributed by atoms with E-state index in [-0.39, 0.29) is 37.6 Å². The smallest absolute Gasteiger partial charge is 0.329 e. The number of urea groups is 1. The van der Waals surface area contributed by atoms with Crippen LogP contribution in [0.3, 0.4) is 0 Å². The molecule has 76 heavy (non-hydrogen) atoms. The number of cyclic esters (lactones) is 1. The lowest BCUT2D eigenvalue weighted by Crippen LogP contribution is -2.58. The number of imide groups is 1. The van der Waals surface area contributed by atoms with Crippen LogP contribution in [-0.4, -0.2) is 98.8 Å². The van der Waals surface area contributed by atoms with Gasteiger partial charge in [-0.15, -0.1) is 5.10 Å². The van der Waals surface area contributed by atoms with E-state index in [0.29, 0.717) is 39.1 Å². The molecule has 2 fully saturated rings. The van der Waals surface area contributed by atoms with Gasteiger partial charge >= 0.3 is 18.0 Å². The fourth-order valence-corrected chi connectivity index (χ4v) is 11.1. The molecule has 0 bridgehead atoms. The van der Waals surface area contributed by atoms with Crippen molar-refractivity contribution in [1.29, 1.82) is 0 Å². The number of nitrogens with zero attached hydrogens (tertiary/aromatic N) is 5. The third-order valence-electron chi connectivity index (χ3n) is 14.4. The van der Waals surface area contributed by atoms with Gasteiger partial charge in [0.2, 0.25) is 11.8 Å². The summed E-state index contributed by atoms with van der Waals surface area (Å²) in [7, 11) is 1.20. The van der Waals surface area contributed by atoms with Crippen LogP contribution in [0.2, 0.25) is 0 Å². The minimum Gasteiger partial charge on any atom is -0.491 e. The van der Waals surface area contributed by atoms with E-state index in [9.17, 15) is 15.0 Å². The van der Waals surface area contributed by atoms with E-state index in [1.165, 1.54) is 7.11 Å². The number of anilines is 1. The zero-order valence-corrected chi connectivity index (χ0v) is 41.9. The first-order valence-corrected chi connectivity index (χ1v) is 25.0. The van der Waals surface area contributed by atoms with Crippen molar-refractivity contribution in [2.75, 3.05) is 31.8 Å². The van der Waals surface area contributed by atoms with Crippen molar-refractivity contribution in [2.45, 2.75) is 62.2 Å². The van der Waals surface area contributed by atoms with Gasteiger partial charge in [-0.3, -0.25) is 19.3 Å². The summed E-state index contributed by atoms with van der Waals surface area (Å²) in [5.41, 5.74) is 2.21. The second-order valence-corrected chi connectivity index (χ2v) is 19.2. The van der Waals surface area contributed by atoms with Crippen LogP contribution in [0.5, 0.6) is 5.75 Å². The number of para-hydroxylation sites is 1. The van der Waals surface area contributed by atoms with Crippen molar-refractivity contribution in [1.82, 2.24) is 30.5 Å². The van der Waals surface area contributed by atoms with Crippen LogP contribution < -0.4 is 20.3 Å². The Morgan fingerprint density at radius 1 is 0.816 bits per heavy atom. The standard InChI is InChI=1S/C59H55N7O10/c1-36(2)49(55(70)74-3)61-58(73)65-45-30-25-37(16-15-31-64-46-24-14-13-23-44(46)62-63-64)34-43(45)59(57(65)72)48(54(69)60-35-47(68)38-17-7-4-8-18-38)51-56(71)76-52(40-21-11-6-12-22-40)50(39-19-9-5-10-20-39)66(51)53(59)41-26-28-42(29-27-41)75-33-32-67/h4-14,17-30,34,36,47-53,67-68H,31-33,35H2,1-3H3,(H,60,69)(H,61,73)/t47-,48+,49-,50+,51+,52-,53-,59+/m0/s1. The van der Waals surface area contributed by atoms with Crippen LogP contribution in [0.4, 0.5) is 10.5 Å². The molecule has 17 nitrogen and oxygen atoms in total. The van der Waals surface area contributed by atoms with E-state index in [1.54, 1.807) is 91.3 Å². The highest BCUT2D eigenvalue weighted by molar-refractivity contribution is 6.25. The van der Waals surface area contributed by atoms with Crippen molar-refractivity contribution in [3.05, 3.63) is 191 Å². The van der Waals surface area contributed by atoms with Gasteiger partial charge in [-0.1, -0.05) is 146 Å². The predicted octanol–water partition coefficient (Wildman–Crippen LogP) is 6.28. The molecule has 6 aromatic carbocycles. The van der Waals surface area contributed by atoms with E-state index < -0.39 is 83.4 Å². The first-order valence-electron chi connectivity index (χ1n) is 25.0. The van der Waals surface area contributed by atoms with E-state index in [4.69, 9.17) is 14.2 Å². The van der Waals surface area contributed by atoms with Gasteiger partial charge in [0.15, 0.2) is 0 Å². The number of amides is 4. The number of rotatable bonds is 14. The molecule has 3 aliphatic rings. The number of fused-ring (bicyclic) bond motifs is 4. The summed E-state index contributed by atoms with van der Waals surface area (Å²) in [5.74, 6) is 1.40. The molecule has 1 spiro atoms. The first-order chi connectivity index (χ1) is 37.0. The number of aliphatic hydroxyl groups excluding tert-OH is 2. The highest BCUT2D eigenvalue weighted by Crippen LogP contribution is 2.66. The van der Waals surface area contributed by atoms with Crippen LogP contribution in [0.15, 0.2) is 158 Å². The zero-order chi connectivity index (χ0) is 53.1. The van der Waals surface area contributed by atoms with Crippen molar-refractivity contribution in [3.63, 3.8) is 0 Å². The molecule has 4 amide bonds. The Kier molecular flexibility index (Phi) is 14.5. The van der Waals surface area contributed by atoms with Gasteiger partial charge in [-0.25, -0.2) is 19.2 Å². The lowest BCUT2D eigenvalue weighted by molar-refractivity contribution is -0.178. The lowest BCUT2D eigenvalue weighted by atomic mass is 9.65. The second-order valence-electron chi connectivity index (χ2n) is 19.2. The van der Waals surface area contributed by atoms with Crippen molar-refractivity contribution in [2.24, 2.45) is 11.8 Å². The highest BCUT2D eigenvalue weighted by atomic mass is 16.6. The summed E-state index contributed by atoms with van der Waals surface area (Å²) in [5, 5.41) is 35.5. The molecule has 2 saturated heterocycles. The van der Waals surface area contributed by atoms with Gasteiger partial charge in [0.1, 0.15) is 48.0 Å². The number of benzene rings is 6. The summed E-state index contributed by atoms with van der Waals surface area (Å²) in [6, 6.07) is 40.6. The molecule has 0 saturated carbocycles. The van der Waals surface area contributed by atoms with Crippen LogP contribution >= 0.6 is 0 Å². The van der Waals surface area contributed by atoms with Gasteiger partial charge in [0.25, 0.3) is 0 Å². The van der Waals surface area contributed by atoms with Gasteiger partial charge in [-0.2, -0.15) is 0 Å². The van der Waals surface area contributed by atoms with Crippen molar-refractivity contribution >= 4 is 46.5 Å². The summed E-state index contributed by atoms with van der Waals surface area (Å²) in [6.45, 7) is 2.99. The molecule has 3 aliphatic heterocycles. The van der Waals surface area contributed by atoms with E-state index in [1.807, 2.05) is 89.8 Å². The number of carbonyl (C=O) groups is 5. The third kappa shape index (κ3) is 9.20. The van der Waals surface area contributed by atoms with Crippen LogP contribution in [0.1, 0.15) is 71.5 Å². The average Bonchev–Trinajstić information content (AvgIpc) is 4.26. The maximum absolute atomic E-state index is 16.8. The Morgan fingerprint density at radius 2 is 1.49 bits per heavy atom. The molecule has 0 aliphatic carbocycles. The molecular formula is C59H55N7O10. The minimum atomic E-state index is -2.19. The molecule has 10 rings (SSSR count). The van der Waals surface area contributed by atoms with Gasteiger partial charge in [0, 0.05) is 12.1 Å². The number of morpholine rings is 1. The Morgan fingerprint density at radius 3 is 2.17 bits per heavy atom. The molecule has 4 N–H and O–H groups in total. The zero-order valence-electron chi connectivity index (χ0n) is 41.9.